The molecule has 1 amide bonds. The van der Waals surface area contributed by atoms with Gasteiger partial charge in [-0.2, -0.15) is 4.39 Å². The highest BCUT2D eigenvalue weighted by molar-refractivity contribution is 7.99. The molecule has 9 nitrogen and oxygen atoms in total. The van der Waals surface area contributed by atoms with E-state index in [1.54, 1.807) is 4.68 Å². The van der Waals surface area contributed by atoms with Crippen LogP contribution in [0.2, 0.25) is 0 Å². The van der Waals surface area contributed by atoms with Gasteiger partial charge in [-0.15, -0.1) is 5.10 Å². The summed E-state index contributed by atoms with van der Waals surface area (Å²) < 4.78 is 15.0. The summed E-state index contributed by atoms with van der Waals surface area (Å²) in [6.07, 6.45) is 4.31. The molecular weight excluding hydrogens is 351 g/mol. The monoisotopic (exact) mass is 366 g/mol. The van der Waals surface area contributed by atoms with Gasteiger partial charge in [0.25, 0.3) is 0 Å². The number of halogens is 1. The van der Waals surface area contributed by atoms with Gasteiger partial charge in [0.15, 0.2) is 0 Å². The van der Waals surface area contributed by atoms with Gasteiger partial charge in [-0.05, 0) is 35.4 Å². The van der Waals surface area contributed by atoms with Crippen LogP contribution in [0.5, 0.6) is 0 Å². The number of thioether (sulfide) groups is 1. The van der Waals surface area contributed by atoms with Crippen LogP contribution in [-0.2, 0) is 4.79 Å². The molecule has 1 aromatic heterocycles. The number of aromatic nitrogens is 4. The molecule has 0 saturated heterocycles. The molecule has 132 valence electrons. The number of carbonyl (C=O) groups excluding carboxylic acids is 1. The van der Waals surface area contributed by atoms with Crippen LogP contribution in [0.15, 0.2) is 23.4 Å². The van der Waals surface area contributed by atoms with Crippen molar-refractivity contribution >= 4 is 29.0 Å². The number of benzene rings is 1. The Morgan fingerprint density at radius 3 is 2.92 bits per heavy atom. The van der Waals surface area contributed by atoms with Crippen molar-refractivity contribution in [2.24, 2.45) is 0 Å². The first-order valence-electron chi connectivity index (χ1n) is 7.69. The zero-order chi connectivity index (χ0) is 17.8. The van der Waals surface area contributed by atoms with Crippen molar-refractivity contribution in [2.45, 2.75) is 36.9 Å². The number of carbonyl (C=O) groups is 1. The van der Waals surface area contributed by atoms with E-state index in [1.165, 1.54) is 17.8 Å². The van der Waals surface area contributed by atoms with Crippen molar-refractivity contribution < 1.29 is 14.1 Å². The summed E-state index contributed by atoms with van der Waals surface area (Å²) in [5.41, 5.74) is -0.523. The molecule has 25 heavy (non-hydrogen) atoms. The summed E-state index contributed by atoms with van der Waals surface area (Å²) in [6.45, 7) is 0. The highest BCUT2D eigenvalue weighted by atomic mass is 32.2. The third-order valence-corrected chi connectivity index (χ3v) is 4.83. The van der Waals surface area contributed by atoms with Gasteiger partial charge in [0.1, 0.15) is 0 Å². The standard InChI is InChI=1S/C14H15FN6O3S/c15-11-6-5-9(7-12(11)21(23)24)16-13(22)8-25-14-17-18-19-20(14)10-3-1-2-4-10/h5-7,10H,1-4,8H2,(H,16,22). The number of nitrogens with zero attached hydrogens (tertiary/aromatic N) is 5. The lowest BCUT2D eigenvalue weighted by Gasteiger charge is -2.10. The molecule has 1 aromatic carbocycles. The number of amides is 1. The summed E-state index contributed by atoms with van der Waals surface area (Å²) >= 11 is 1.19. The van der Waals surface area contributed by atoms with Crippen LogP contribution < -0.4 is 5.32 Å². The molecule has 1 heterocycles. The third kappa shape index (κ3) is 4.10. The van der Waals surface area contributed by atoms with Gasteiger partial charge < -0.3 is 5.32 Å². The van der Waals surface area contributed by atoms with Crippen molar-refractivity contribution in [1.82, 2.24) is 20.2 Å². The van der Waals surface area contributed by atoms with Crippen LogP contribution in [0.4, 0.5) is 15.8 Å². The van der Waals surface area contributed by atoms with Crippen LogP contribution in [0, 0.1) is 15.9 Å². The normalized spacial score (nSPS) is 14.6. The van der Waals surface area contributed by atoms with E-state index in [-0.39, 0.29) is 23.4 Å². The SMILES string of the molecule is O=C(CSc1nnnn1C1CCCC1)Nc1ccc(F)c([N+](=O)[O-])c1. The molecule has 1 aliphatic rings. The van der Waals surface area contributed by atoms with Crippen LogP contribution in [0.3, 0.4) is 0 Å². The Morgan fingerprint density at radius 1 is 1.44 bits per heavy atom. The van der Waals surface area contributed by atoms with Crippen molar-refractivity contribution in [3.05, 3.63) is 34.1 Å². The molecule has 2 aromatic rings. The molecule has 1 fully saturated rings. The molecule has 0 bridgehead atoms. The fraction of sp³-hybridized carbons (Fsp3) is 0.429. The zero-order valence-corrected chi connectivity index (χ0v) is 13.9. The Kier molecular flexibility index (Phi) is 5.22. The van der Waals surface area contributed by atoms with Gasteiger partial charge in [-0.25, -0.2) is 4.68 Å². The zero-order valence-electron chi connectivity index (χ0n) is 13.1. The second-order valence-corrected chi connectivity index (χ2v) is 6.55. The van der Waals surface area contributed by atoms with E-state index in [9.17, 15) is 19.3 Å². The Morgan fingerprint density at radius 2 is 2.20 bits per heavy atom. The van der Waals surface area contributed by atoms with Crippen molar-refractivity contribution in [3.63, 3.8) is 0 Å². The highest BCUT2D eigenvalue weighted by Gasteiger charge is 2.22. The van der Waals surface area contributed by atoms with E-state index in [2.05, 4.69) is 20.8 Å². The first-order chi connectivity index (χ1) is 12.0. The molecule has 11 heteroatoms. The minimum absolute atomic E-state index is 0.0399. The molecular formula is C14H15FN6O3S. The quantitative estimate of drug-likeness (QED) is 0.474. The second-order valence-electron chi connectivity index (χ2n) is 5.60. The molecule has 1 saturated carbocycles. The summed E-state index contributed by atoms with van der Waals surface area (Å²) in [4.78, 5) is 21.9. The largest absolute Gasteiger partial charge is 0.325 e. The van der Waals surface area contributed by atoms with E-state index in [0.717, 1.165) is 37.8 Å². The Balaban J connectivity index is 1.60. The first-order valence-corrected chi connectivity index (χ1v) is 8.67. The van der Waals surface area contributed by atoms with Gasteiger partial charge >= 0.3 is 5.69 Å². The average molecular weight is 366 g/mol. The molecule has 0 aliphatic heterocycles. The van der Waals surface area contributed by atoms with E-state index < -0.39 is 16.4 Å². The number of hydrogen-bond acceptors (Lipinski definition) is 7. The number of anilines is 1. The smallest absolute Gasteiger partial charge is 0.306 e. The molecule has 0 spiro atoms. The van der Waals surface area contributed by atoms with Gasteiger partial charge in [0, 0.05) is 11.8 Å². The fourth-order valence-electron chi connectivity index (χ4n) is 2.72. The van der Waals surface area contributed by atoms with Gasteiger partial charge in [-0.3, -0.25) is 14.9 Å². The van der Waals surface area contributed by atoms with Crippen molar-refractivity contribution in [2.75, 3.05) is 11.1 Å². The van der Waals surface area contributed by atoms with Crippen LogP contribution in [0.25, 0.3) is 0 Å². The van der Waals surface area contributed by atoms with Crippen molar-refractivity contribution in [1.29, 1.82) is 0 Å². The second kappa shape index (κ2) is 7.55. The number of tetrazole rings is 1. The molecule has 1 aliphatic carbocycles. The molecule has 0 atom stereocenters. The Bertz CT molecular complexity index is 793. The molecule has 0 unspecified atom stereocenters. The summed E-state index contributed by atoms with van der Waals surface area (Å²) in [6, 6.07) is 3.47. The third-order valence-electron chi connectivity index (χ3n) is 3.89. The van der Waals surface area contributed by atoms with Crippen molar-refractivity contribution in [3.8, 4) is 0 Å². The molecule has 3 rings (SSSR count). The minimum atomic E-state index is -0.951. The predicted molar refractivity (Wildman–Crippen MR) is 87.7 cm³/mol. The van der Waals surface area contributed by atoms with Gasteiger partial charge in [0.05, 0.1) is 16.7 Å². The number of nitro benzene ring substituents is 1. The summed E-state index contributed by atoms with van der Waals surface area (Å²) in [7, 11) is 0. The first kappa shape index (κ1) is 17.3. The molecule has 1 N–H and O–H groups in total. The average Bonchev–Trinajstić information content (AvgIpc) is 3.25. The van der Waals surface area contributed by atoms with Crippen LogP contribution in [-0.4, -0.2) is 36.8 Å². The Hall–Kier alpha value is -2.56. The lowest BCUT2D eigenvalue weighted by atomic mass is 10.2. The predicted octanol–water partition coefficient (Wildman–Crippen LogP) is 2.57. The number of hydrogen-bond donors (Lipinski definition) is 1. The lowest BCUT2D eigenvalue weighted by molar-refractivity contribution is -0.387. The van der Waals surface area contributed by atoms with Gasteiger partial charge in [-0.1, -0.05) is 24.6 Å². The van der Waals surface area contributed by atoms with E-state index in [0.29, 0.717) is 5.16 Å². The van der Waals surface area contributed by atoms with E-state index >= 15 is 0 Å². The molecule has 0 radical (unpaired) electrons. The van der Waals surface area contributed by atoms with Crippen LogP contribution >= 0.6 is 11.8 Å². The van der Waals surface area contributed by atoms with Crippen LogP contribution in [0.1, 0.15) is 31.7 Å². The number of nitro groups is 1. The maximum atomic E-state index is 13.3. The fourth-order valence-corrected chi connectivity index (χ4v) is 3.46. The minimum Gasteiger partial charge on any atom is -0.325 e. The number of nitrogens with one attached hydrogen (secondary N) is 1. The summed E-state index contributed by atoms with van der Waals surface area (Å²) in [5.74, 6) is -1.29. The maximum Gasteiger partial charge on any atom is 0.306 e. The highest BCUT2D eigenvalue weighted by Crippen LogP contribution is 2.31. The van der Waals surface area contributed by atoms with E-state index in [1.807, 2.05) is 0 Å². The number of rotatable bonds is 6. The van der Waals surface area contributed by atoms with E-state index in [4.69, 9.17) is 0 Å². The summed E-state index contributed by atoms with van der Waals surface area (Å²) in [5, 5.41) is 25.4. The maximum absolute atomic E-state index is 13.3. The Labute approximate surface area is 146 Å². The van der Waals surface area contributed by atoms with Gasteiger partial charge in [0.2, 0.25) is 16.9 Å². The lowest BCUT2D eigenvalue weighted by Crippen LogP contribution is -2.15. The topological polar surface area (TPSA) is 116 Å².